The van der Waals surface area contributed by atoms with Crippen molar-refractivity contribution in [3.63, 3.8) is 0 Å². The standard InChI is InChI=1S/C10H15BrN2O5S2/c1-10(2-3-19(14,15)6-10)13-20(16,17)8-4-7(5-12)18-9(8)11/h4,13H,2-3,5-6,12H2,1H3. The van der Waals surface area contributed by atoms with Crippen molar-refractivity contribution in [2.75, 3.05) is 11.5 Å². The van der Waals surface area contributed by atoms with Crippen LogP contribution < -0.4 is 10.5 Å². The molecular formula is C10H15BrN2O5S2. The number of sulfonamides is 1. The second kappa shape index (κ2) is 5.09. The molecule has 0 aliphatic carbocycles. The summed E-state index contributed by atoms with van der Waals surface area (Å²) in [7, 11) is -7.08. The number of sulfone groups is 1. The zero-order chi connectivity index (χ0) is 15.2. The van der Waals surface area contributed by atoms with E-state index < -0.39 is 25.4 Å². The van der Waals surface area contributed by atoms with Gasteiger partial charge in [-0.3, -0.25) is 0 Å². The van der Waals surface area contributed by atoms with Crippen molar-refractivity contribution in [1.82, 2.24) is 4.72 Å². The average molecular weight is 387 g/mol. The van der Waals surface area contributed by atoms with Crippen LogP contribution >= 0.6 is 15.9 Å². The van der Waals surface area contributed by atoms with Gasteiger partial charge in [0.1, 0.15) is 10.7 Å². The van der Waals surface area contributed by atoms with E-state index >= 15 is 0 Å². The summed E-state index contributed by atoms with van der Waals surface area (Å²) in [5.41, 5.74) is 4.39. The van der Waals surface area contributed by atoms with E-state index in [-0.39, 0.29) is 34.0 Å². The summed E-state index contributed by atoms with van der Waals surface area (Å²) in [4.78, 5) is -0.0801. The lowest BCUT2D eigenvalue weighted by Crippen LogP contribution is -2.46. The van der Waals surface area contributed by atoms with E-state index in [4.69, 9.17) is 10.2 Å². The van der Waals surface area contributed by atoms with Crippen molar-refractivity contribution in [3.05, 3.63) is 16.5 Å². The molecule has 3 N–H and O–H groups in total. The van der Waals surface area contributed by atoms with Crippen molar-refractivity contribution in [1.29, 1.82) is 0 Å². The van der Waals surface area contributed by atoms with Crippen molar-refractivity contribution in [2.24, 2.45) is 5.73 Å². The third-order valence-corrected chi connectivity index (χ3v) is 7.48. The Hall–Kier alpha value is -0.420. The highest BCUT2D eigenvalue weighted by molar-refractivity contribution is 9.10. The largest absolute Gasteiger partial charge is 0.452 e. The summed E-state index contributed by atoms with van der Waals surface area (Å²) in [6, 6.07) is 1.32. The summed E-state index contributed by atoms with van der Waals surface area (Å²) in [6.07, 6.45) is 0.244. The van der Waals surface area contributed by atoms with Gasteiger partial charge in [-0.1, -0.05) is 0 Å². The van der Waals surface area contributed by atoms with Gasteiger partial charge in [0.15, 0.2) is 14.5 Å². The van der Waals surface area contributed by atoms with Gasteiger partial charge in [-0.25, -0.2) is 21.6 Å². The molecule has 1 fully saturated rings. The fraction of sp³-hybridized carbons (Fsp3) is 0.600. The molecule has 0 bridgehead atoms. The van der Waals surface area contributed by atoms with Crippen molar-refractivity contribution < 1.29 is 21.3 Å². The van der Waals surface area contributed by atoms with Crippen LogP contribution in [0.5, 0.6) is 0 Å². The number of furan rings is 1. The minimum Gasteiger partial charge on any atom is -0.452 e. The molecule has 2 rings (SSSR count). The molecule has 0 saturated carbocycles. The van der Waals surface area contributed by atoms with Gasteiger partial charge in [0.25, 0.3) is 0 Å². The normalized spacial score (nSPS) is 25.9. The molecule has 1 unspecified atom stereocenters. The minimum atomic E-state index is -3.88. The summed E-state index contributed by atoms with van der Waals surface area (Å²) < 4.78 is 55.3. The Bertz CT molecular complexity index is 725. The summed E-state index contributed by atoms with van der Waals surface area (Å²) in [5.74, 6) is 0.0897. The average Bonchev–Trinajstić information content (AvgIpc) is 2.79. The monoisotopic (exact) mass is 386 g/mol. The van der Waals surface area contributed by atoms with Crippen molar-refractivity contribution in [2.45, 2.75) is 30.3 Å². The van der Waals surface area contributed by atoms with Crippen LogP contribution in [0.25, 0.3) is 0 Å². The van der Waals surface area contributed by atoms with E-state index in [1.807, 2.05) is 0 Å². The lowest BCUT2D eigenvalue weighted by Gasteiger charge is -2.23. The molecule has 0 radical (unpaired) electrons. The molecule has 1 aliphatic heterocycles. The highest BCUT2D eigenvalue weighted by atomic mass is 79.9. The first-order chi connectivity index (χ1) is 9.07. The molecule has 2 heterocycles. The Morgan fingerprint density at radius 3 is 2.65 bits per heavy atom. The first-order valence-electron chi connectivity index (χ1n) is 5.80. The van der Waals surface area contributed by atoms with E-state index in [0.29, 0.717) is 5.76 Å². The number of hydrogen-bond acceptors (Lipinski definition) is 6. The Morgan fingerprint density at radius 2 is 2.20 bits per heavy atom. The molecule has 1 aliphatic rings. The van der Waals surface area contributed by atoms with Crippen LogP contribution in [0.1, 0.15) is 19.1 Å². The number of halogens is 1. The van der Waals surface area contributed by atoms with E-state index in [9.17, 15) is 16.8 Å². The van der Waals surface area contributed by atoms with E-state index in [1.165, 1.54) is 6.07 Å². The Balaban J connectivity index is 2.30. The second-order valence-corrected chi connectivity index (χ2v) is 9.62. The van der Waals surface area contributed by atoms with E-state index in [0.717, 1.165) is 0 Å². The van der Waals surface area contributed by atoms with E-state index in [1.54, 1.807) is 6.92 Å². The van der Waals surface area contributed by atoms with Crippen LogP contribution in [0.4, 0.5) is 0 Å². The van der Waals surface area contributed by atoms with Gasteiger partial charge in [0.2, 0.25) is 10.0 Å². The van der Waals surface area contributed by atoms with Gasteiger partial charge in [-0.05, 0) is 29.3 Å². The molecule has 10 heteroatoms. The number of nitrogens with one attached hydrogen (secondary N) is 1. The van der Waals surface area contributed by atoms with Crippen LogP contribution in [-0.4, -0.2) is 33.9 Å². The first-order valence-corrected chi connectivity index (χ1v) is 9.89. The molecule has 20 heavy (non-hydrogen) atoms. The number of hydrogen-bond donors (Lipinski definition) is 2. The molecule has 0 amide bonds. The highest BCUT2D eigenvalue weighted by Crippen LogP contribution is 2.29. The maximum Gasteiger partial charge on any atom is 0.245 e. The third-order valence-electron chi connectivity index (χ3n) is 3.08. The maximum absolute atomic E-state index is 12.3. The van der Waals surface area contributed by atoms with Crippen molar-refractivity contribution in [3.8, 4) is 0 Å². The molecule has 1 aromatic heterocycles. The Morgan fingerprint density at radius 1 is 1.55 bits per heavy atom. The number of rotatable bonds is 4. The first kappa shape index (κ1) is 16.0. The molecule has 0 spiro atoms. The molecule has 0 aromatic carbocycles. The van der Waals surface area contributed by atoms with Crippen LogP contribution in [0.15, 0.2) is 20.0 Å². The summed E-state index contributed by atoms with van der Waals surface area (Å²) in [6.45, 7) is 1.65. The van der Waals surface area contributed by atoms with Gasteiger partial charge < -0.3 is 10.2 Å². The van der Waals surface area contributed by atoms with E-state index in [2.05, 4.69) is 20.7 Å². The molecule has 1 atom stereocenters. The van der Waals surface area contributed by atoms with Crippen LogP contribution in [0.3, 0.4) is 0 Å². The highest BCUT2D eigenvalue weighted by Gasteiger charge is 2.42. The van der Waals surface area contributed by atoms with Gasteiger partial charge in [0.05, 0.1) is 18.1 Å². The Labute approximate surface area is 126 Å². The SMILES string of the molecule is CC1(NS(=O)(=O)c2cc(CN)oc2Br)CCS(=O)(=O)C1. The molecule has 114 valence electrons. The second-order valence-electron chi connectivity index (χ2n) is 5.06. The third kappa shape index (κ3) is 3.25. The smallest absolute Gasteiger partial charge is 0.245 e. The molecule has 1 aromatic rings. The molecular weight excluding hydrogens is 372 g/mol. The fourth-order valence-electron chi connectivity index (χ4n) is 2.15. The van der Waals surface area contributed by atoms with Gasteiger partial charge in [-0.2, -0.15) is 0 Å². The fourth-order valence-corrected chi connectivity index (χ4v) is 6.77. The zero-order valence-corrected chi connectivity index (χ0v) is 13.9. The summed E-state index contributed by atoms with van der Waals surface area (Å²) >= 11 is 3.02. The van der Waals surface area contributed by atoms with Gasteiger partial charge in [0, 0.05) is 11.6 Å². The van der Waals surface area contributed by atoms with Crippen LogP contribution in [-0.2, 0) is 26.4 Å². The van der Waals surface area contributed by atoms with Crippen LogP contribution in [0, 0.1) is 0 Å². The molecule has 1 saturated heterocycles. The quantitative estimate of drug-likeness (QED) is 0.770. The van der Waals surface area contributed by atoms with Gasteiger partial charge in [-0.15, -0.1) is 0 Å². The predicted molar refractivity (Wildman–Crippen MR) is 76.3 cm³/mol. The Kier molecular flexibility index (Phi) is 4.06. The van der Waals surface area contributed by atoms with Crippen molar-refractivity contribution >= 4 is 35.8 Å². The lowest BCUT2D eigenvalue weighted by molar-refractivity contribution is 0.458. The predicted octanol–water partition coefficient (Wildman–Crippen LogP) is 0.356. The topological polar surface area (TPSA) is 119 Å². The molecule has 7 nitrogen and oxygen atoms in total. The minimum absolute atomic E-state index is 0.0212. The van der Waals surface area contributed by atoms with Crippen LogP contribution in [0.2, 0.25) is 0 Å². The maximum atomic E-state index is 12.3. The van der Waals surface area contributed by atoms with Gasteiger partial charge >= 0.3 is 0 Å². The lowest BCUT2D eigenvalue weighted by atomic mass is 10.0. The number of nitrogens with two attached hydrogens (primary N) is 1. The zero-order valence-electron chi connectivity index (χ0n) is 10.7. The summed E-state index contributed by atoms with van der Waals surface area (Å²) in [5, 5.41) is 0.